The molecule has 156 valence electrons. The highest BCUT2D eigenvalue weighted by molar-refractivity contribution is 7.93. The zero-order valence-electron chi connectivity index (χ0n) is 16.5. The van der Waals surface area contributed by atoms with E-state index in [1.54, 1.807) is 13.0 Å². The molecule has 0 aliphatic rings. The van der Waals surface area contributed by atoms with Crippen molar-refractivity contribution in [2.75, 3.05) is 18.7 Å². The molecule has 0 saturated heterocycles. The summed E-state index contributed by atoms with van der Waals surface area (Å²) in [6.45, 7) is 3.56. The first-order valence-electron chi connectivity index (χ1n) is 8.72. The molecule has 0 aliphatic carbocycles. The lowest BCUT2D eigenvalue weighted by molar-refractivity contribution is 0.0935. The number of hydrogen-bond donors (Lipinski definition) is 2. The summed E-state index contributed by atoms with van der Waals surface area (Å²) < 4.78 is 27.6. The Hall–Kier alpha value is -2.65. The second kappa shape index (κ2) is 9.71. The Labute approximate surface area is 175 Å². The van der Waals surface area contributed by atoms with E-state index in [0.717, 1.165) is 17.2 Å². The summed E-state index contributed by atoms with van der Waals surface area (Å²) in [5.41, 5.74) is 1.39. The van der Waals surface area contributed by atoms with Gasteiger partial charge in [-0.15, -0.1) is 0 Å². The average molecular weight is 439 g/mol. The molecule has 10 heteroatoms. The minimum absolute atomic E-state index is 0.0996. The molecule has 0 bridgehead atoms. The van der Waals surface area contributed by atoms with Gasteiger partial charge in [0, 0.05) is 22.7 Å². The molecule has 0 saturated carbocycles. The lowest BCUT2D eigenvalue weighted by Crippen LogP contribution is -2.32. The van der Waals surface area contributed by atoms with Gasteiger partial charge in [-0.05, 0) is 25.5 Å². The second-order valence-electron chi connectivity index (χ2n) is 6.42. The van der Waals surface area contributed by atoms with E-state index in [0.29, 0.717) is 10.7 Å². The Morgan fingerprint density at radius 2 is 1.97 bits per heavy atom. The molecule has 1 aromatic carbocycles. The molecule has 0 fully saturated rings. The van der Waals surface area contributed by atoms with Crippen molar-refractivity contribution in [1.29, 1.82) is 0 Å². The third kappa shape index (κ3) is 6.72. The number of sulfone groups is 1. The number of aromatic nitrogens is 2. The smallest absolute Gasteiger partial charge is 0.289 e. The van der Waals surface area contributed by atoms with Crippen molar-refractivity contribution >= 4 is 33.0 Å². The molecular formula is C19H23ClN4O4S. The molecule has 2 rings (SSSR count). The predicted molar refractivity (Wildman–Crippen MR) is 113 cm³/mol. The van der Waals surface area contributed by atoms with Gasteiger partial charge in [0.15, 0.2) is 9.84 Å². The van der Waals surface area contributed by atoms with Crippen LogP contribution in [0.25, 0.3) is 0 Å². The number of hydrogen-bond acceptors (Lipinski definition) is 7. The van der Waals surface area contributed by atoms with Crippen molar-refractivity contribution in [1.82, 2.24) is 15.3 Å². The fourth-order valence-corrected chi connectivity index (χ4v) is 3.27. The topological polar surface area (TPSA) is 110 Å². The third-order valence-electron chi connectivity index (χ3n) is 3.87. The van der Waals surface area contributed by atoms with Gasteiger partial charge >= 0.3 is 0 Å². The molecule has 2 atom stereocenters. The molecule has 2 aromatic rings. The van der Waals surface area contributed by atoms with Crippen molar-refractivity contribution < 1.29 is 17.9 Å². The molecule has 29 heavy (non-hydrogen) atoms. The van der Waals surface area contributed by atoms with E-state index >= 15 is 0 Å². The fraction of sp³-hybridized carbons (Fsp3) is 0.316. The van der Waals surface area contributed by atoms with Crippen LogP contribution >= 0.6 is 11.6 Å². The molecule has 0 spiro atoms. The first-order valence-corrected chi connectivity index (χ1v) is 11.0. The van der Waals surface area contributed by atoms with Gasteiger partial charge in [0.05, 0.1) is 19.3 Å². The van der Waals surface area contributed by atoms with Crippen LogP contribution in [-0.4, -0.2) is 43.7 Å². The number of carbonyl (C=O) groups excluding carboxylic acids is 1. The number of rotatable bonds is 8. The van der Waals surface area contributed by atoms with Crippen LogP contribution in [0.3, 0.4) is 0 Å². The molecular weight excluding hydrogens is 416 g/mol. The Morgan fingerprint density at radius 3 is 2.59 bits per heavy atom. The zero-order chi connectivity index (χ0) is 21.6. The number of ether oxygens (including phenoxy) is 1. The van der Waals surface area contributed by atoms with Crippen molar-refractivity contribution in [3.63, 3.8) is 0 Å². The van der Waals surface area contributed by atoms with E-state index < -0.39 is 21.8 Å². The Kier molecular flexibility index (Phi) is 7.58. The van der Waals surface area contributed by atoms with Crippen LogP contribution in [0.15, 0.2) is 41.9 Å². The monoisotopic (exact) mass is 438 g/mol. The van der Waals surface area contributed by atoms with Gasteiger partial charge in [-0.3, -0.25) is 4.79 Å². The summed E-state index contributed by atoms with van der Waals surface area (Å²) in [7, 11) is -1.84. The van der Waals surface area contributed by atoms with Gasteiger partial charge in [-0.1, -0.05) is 35.9 Å². The van der Waals surface area contributed by atoms with E-state index in [2.05, 4.69) is 20.6 Å². The predicted octanol–water partition coefficient (Wildman–Crippen LogP) is 2.99. The summed E-state index contributed by atoms with van der Waals surface area (Å²) >= 11 is 6.23. The number of nitrogens with one attached hydrogen (secondary N) is 2. The molecule has 1 aromatic heterocycles. The van der Waals surface area contributed by atoms with Crippen molar-refractivity contribution in [2.45, 2.75) is 25.9 Å². The maximum Gasteiger partial charge on any atom is 0.289 e. The van der Waals surface area contributed by atoms with Crippen LogP contribution in [-0.2, 0) is 9.84 Å². The normalized spacial score (nSPS) is 13.7. The van der Waals surface area contributed by atoms with Crippen LogP contribution in [0, 0.1) is 0 Å². The second-order valence-corrected chi connectivity index (χ2v) is 8.76. The summed E-state index contributed by atoms with van der Waals surface area (Å²) in [6, 6.07) is 6.77. The number of nitrogens with zero attached hydrogens (tertiary/aromatic N) is 2. The van der Waals surface area contributed by atoms with Crippen LogP contribution < -0.4 is 15.4 Å². The highest BCUT2D eigenvalue weighted by Gasteiger charge is 2.17. The van der Waals surface area contributed by atoms with Gasteiger partial charge in [0.2, 0.25) is 11.7 Å². The molecule has 1 heterocycles. The summed E-state index contributed by atoms with van der Waals surface area (Å²) in [5.74, 6) is -0.458. The largest absolute Gasteiger partial charge is 0.479 e. The maximum absolute atomic E-state index is 12.3. The molecule has 2 N–H and O–H groups in total. The minimum atomic E-state index is -3.27. The van der Waals surface area contributed by atoms with Gasteiger partial charge in [-0.25, -0.2) is 13.4 Å². The number of halogens is 1. The molecule has 1 amide bonds. The molecule has 0 unspecified atom stereocenters. The highest BCUT2D eigenvalue weighted by Crippen LogP contribution is 2.29. The fourth-order valence-electron chi connectivity index (χ4n) is 2.45. The van der Waals surface area contributed by atoms with Crippen LogP contribution in [0.5, 0.6) is 5.88 Å². The minimum Gasteiger partial charge on any atom is -0.479 e. The molecule has 0 radical (unpaired) electrons. The van der Waals surface area contributed by atoms with Crippen molar-refractivity contribution in [2.24, 2.45) is 0 Å². The van der Waals surface area contributed by atoms with E-state index in [4.69, 9.17) is 16.3 Å². The quantitative estimate of drug-likeness (QED) is 0.651. The van der Waals surface area contributed by atoms with Crippen LogP contribution in [0.2, 0.25) is 5.02 Å². The van der Waals surface area contributed by atoms with Gasteiger partial charge in [0.1, 0.15) is 5.69 Å². The van der Waals surface area contributed by atoms with E-state index in [-0.39, 0.29) is 17.7 Å². The van der Waals surface area contributed by atoms with Gasteiger partial charge in [-0.2, -0.15) is 4.98 Å². The maximum atomic E-state index is 12.3. The lowest BCUT2D eigenvalue weighted by atomic mass is 10.1. The number of benzene rings is 1. The first-order chi connectivity index (χ1) is 13.6. The third-order valence-corrected chi connectivity index (χ3v) is 4.86. The molecule has 8 nitrogen and oxygen atoms in total. The van der Waals surface area contributed by atoms with Crippen molar-refractivity contribution in [3.05, 3.63) is 58.4 Å². The lowest BCUT2D eigenvalue weighted by Gasteiger charge is -2.18. The van der Waals surface area contributed by atoms with Gasteiger partial charge in [0.25, 0.3) is 5.91 Å². The average Bonchev–Trinajstić information content (AvgIpc) is 2.66. The number of carbonyl (C=O) groups is 1. The summed E-state index contributed by atoms with van der Waals surface area (Å²) in [4.78, 5) is 20.6. The number of anilines is 1. The SMILES string of the molecule is COc1nc(C(=O)N[C@H](C)/C=C/S(C)(=O)=O)ncc1N[C@@H](C)c1ccccc1Cl. The van der Waals surface area contributed by atoms with E-state index in [1.807, 2.05) is 25.1 Å². The molecule has 0 aliphatic heterocycles. The van der Waals surface area contributed by atoms with E-state index in [9.17, 15) is 13.2 Å². The van der Waals surface area contributed by atoms with E-state index in [1.165, 1.54) is 19.4 Å². The first kappa shape index (κ1) is 22.6. The Balaban J connectivity index is 2.14. The Bertz CT molecular complexity index is 1010. The van der Waals surface area contributed by atoms with Crippen LogP contribution in [0.4, 0.5) is 5.69 Å². The summed E-state index contributed by atoms with van der Waals surface area (Å²) in [5, 5.41) is 7.48. The van der Waals surface area contributed by atoms with Crippen LogP contribution in [0.1, 0.15) is 36.1 Å². The number of amides is 1. The standard InChI is InChI=1S/C19H23ClN4O4S/c1-12(9-10-29(4,26)27)22-18(25)17-21-11-16(19(24-17)28-3)23-13(2)14-7-5-6-8-15(14)20/h5-13,23H,1-4H3,(H,22,25)/b10-9+/t12-,13+/m1/s1. The van der Waals surface area contributed by atoms with Gasteiger partial charge < -0.3 is 15.4 Å². The Morgan fingerprint density at radius 1 is 1.28 bits per heavy atom. The van der Waals surface area contributed by atoms with Crippen molar-refractivity contribution in [3.8, 4) is 5.88 Å². The highest BCUT2D eigenvalue weighted by atomic mass is 35.5. The summed E-state index contributed by atoms with van der Waals surface area (Å²) in [6.07, 6.45) is 3.89. The number of methoxy groups -OCH3 is 1. The zero-order valence-corrected chi connectivity index (χ0v) is 18.1.